The fourth-order valence-electron chi connectivity index (χ4n) is 1.30. The van der Waals surface area contributed by atoms with Gasteiger partial charge in [0.25, 0.3) is 5.91 Å². The van der Waals surface area contributed by atoms with Crippen LogP contribution >= 0.6 is 11.8 Å². The number of nitrogens with zero attached hydrogens (tertiary/aromatic N) is 2. The molecule has 1 amide bonds. The van der Waals surface area contributed by atoms with E-state index in [9.17, 15) is 4.79 Å². The van der Waals surface area contributed by atoms with Crippen molar-refractivity contribution >= 4 is 23.4 Å². The summed E-state index contributed by atoms with van der Waals surface area (Å²) in [6.45, 7) is 2.56. The van der Waals surface area contributed by atoms with Crippen molar-refractivity contribution in [3.63, 3.8) is 0 Å². The van der Waals surface area contributed by atoms with Crippen LogP contribution in [0.25, 0.3) is 0 Å². The van der Waals surface area contributed by atoms with Gasteiger partial charge in [-0.2, -0.15) is 11.8 Å². The lowest BCUT2D eigenvalue weighted by Crippen LogP contribution is -2.29. The summed E-state index contributed by atoms with van der Waals surface area (Å²) in [7, 11) is 1.78. The Balaban J connectivity index is 2.79. The molecule has 5 heteroatoms. The second-order valence-corrected chi connectivity index (χ2v) is 4.62. The molecule has 0 spiro atoms. The molecular weight excluding hydrogens is 222 g/mol. The third-order valence-electron chi connectivity index (χ3n) is 2.28. The van der Waals surface area contributed by atoms with Crippen LogP contribution in [-0.2, 0) is 0 Å². The minimum absolute atomic E-state index is 0.0703. The van der Waals surface area contributed by atoms with E-state index in [1.165, 1.54) is 0 Å². The minimum Gasteiger partial charge on any atom is -0.398 e. The normalized spacial score (nSPS) is 10.2. The van der Waals surface area contributed by atoms with Crippen LogP contribution in [0.5, 0.6) is 0 Å². The Morgan fingerprint density at radius 3 is 2.88 bits per heavy atom. The van der Waals surface area contributed by atoms with E-state index in [2.05, 4.69) is 4.98 Å². The largest absolute Gasteiger partial charge is 0.398 e. The average Bonchev–Trinajstić information content (AvgIpc) is 2.25. The van der Waals surface area contributed by atoms with Gasteiger partial charge in [0.2, 0.25) is 0 Å². The third-order valence-corrected chi connectivity index (χ3v) is 2.87. The highest BCUT2D eigenvalue weighted by Gasteiger charge is 2.14. The molecule has 0 saturated heterocycles. The fourth-order valence-corrected chi connectivity index (χ4v) is 1.75. The van der Waals surface area contributed by atoms with Gasteiger partial charge in [-0.1, -0.05) is 0 Å². The molecule has 0 saturated carbocycles. The molecule has 88 valence electrons. The smallest absolute Gasteiger partial charge is 0.257 e. The Bertz CT molecular complexity index is 381. The van der Waals surface area contributed by atoms with Gasteiger partial charge in [-0.3, -0.25) is 9.78 Å². The lowest BCUT2D eigenvalue weighted by atomic mass is 10.2. The van der Waals surface area contributed by atoms with Gasteiger partial charge in [0.1, 0.15) is 0 Å². The van der Waals surface area contributed by atoms with Crippen molar-refractivity contribution < 1.29 is 4.79 Å². The Morgan fingerprint density at radius 1 is 1.62 bits per heavy atom. The maximum atomic E-state index is 12.0. The molecule has 0 atom stereocenters. The van der Waals surface area contributed by atoms with Crippen LogP contribution in [0.2, 0.25) is 0 Å². The molecule has 0 bridgehead atoms. The maximum Gasteiger partial charge on any atom is 0.257 e. The van der Waals surface area contributed by atoms with Crippen LogP contribution < -0.4 is 5.73 Å². The van der Waals surface area contributed by atoms with Crippen molar-refractivity contribution in [3.8, 4) is 0 Å². The van der Waals surface area contributed by atoms with Crippen molar-refractivity contribution in [3.05, 3.63) is 23.5 Å². The second kappa shape index (κ2) is 5.75. The molecule has 1 heterocycles. The maximum absolute atomic E-state index is 12.0. The topological polar surface area (TPSA) is 59.2 Å². The molecule has 0 aliphatic rings. The van der Waals surface area contributed by atoms with E-state index in [0.29, 0.717) is 17.8 Å². The van der Waals surface area contributed by atoms with Crippen LogP contribution in [0.15, 0.2) is 12.3 Å². The first-order valence-corrected chi connectivity index (χ1v) is 6.42. The molecule has 1 aromatic heterocycles. The molecule has 1 aromatic rings. The molecule has 16 heavy (non-hydrogen) atoms. The number of nitrogens with two attached hydrogens (primary N) is 1. The number of nitrogen functional groups attached to an aromatic ring is 1. The van der Waals surface area contributed by atoms with Crippen molar-refractivity contribution in [2.24, 2.45) is 0 Å². The summed E-state index contributed by atoms with van der Waals surface area (Å²) in [5, 5.41) is 0. The molecular formula is C11H17N3OS. The zero-order valence-corrected chi connectivity index (χ0v) is 10.7. The highest BCUT2D eigenvalue weighted by atomic mass is 32.2. The molecule has 0 radical (unpaired) electrons. The van der Waals surface area contributed by atoms with Gasteiger partial charge in [0.15, 0.2) is 0 Å². The van der Waals surface area contributed by atoms with Gasteiger partial charge in [-0.15, -0.1) is 0 Å². The molecule has 0 unspecified atom stereocenters. The molecule has 1 rings (SSSR count). The summed E-state index contributed by atoms with van der Waals surface area (Å²) >= 11 is 1.71. The number of carbonyl (C=O) groups excluding carboxylic acids is 1. The Labute approximate surface area is 100 Å². The summed E-state index contributed by atoms with van der Waals surface area (Å²) < 4.78 is 0. The van der Waals surface area contributed by atoms with E-state index in [4.69, 9.17) is 5.73 Å². The van der Waals surface area contributed by atoms with Crippen LogP contribution in [0.4, 0.5) is 5.69 Å². The summed E-state index contributed by atoms with van der Waals surface area (Å²) in [5.41, 5.74) is 7.59. The van der Waals surface area contributed by atoms with Crippen molar-refractivity contribution in [1.82, 2.24) is 9.88 Å². The van der Waals surface area contributed by atoms with Crippen molar-refractivity contribution in [2.75, 3.05) is 31.3 Å². The monoisotopic (exact) mass is 239 g/mol. The van der Waals surface area contributed by atoms with Gasteiger partial charge in [0, 0.05) is 36.9 Å². The SMILES string of the molecule is CSCCN(C)C(=O)c1cnc(C)cc1N. The zero-order chi connectivity index (χ0) is 12.1. The first kappa shape index (κ1) is 12.8. The van der Waals surface area contributed by atoms with Crippen LogP contribution in [0.3, 0.4) is 0 Å². The second-order valence-electron chi connectivity index (χ2n) is 3.63. The lowest BCUT2D eigenvalue weighted by Gasteiger charge is -2.17. The van der Waals surface area contributed by atoms with Gasteiger partial charge in [-0.25, -0.2) is 0 Å². The number of aryl methyl sites for hydroxylation is 1. The average molecular weight is 239 g/mol. The number of aromatic nitrogens is 1. The van der Waals surface area contributed by atoms with E-state index in [0.717, 1.165) is 11.4 Å². The molecule has 0 fully saturated rings. The standard InChI is InChI=1S/C11H17N3OS/c1-8-6-10(12)9(7-13-8)11(15)14(2)4-5-16-3/h6-7H,4-5H2,1-3H3,(H2,12,13). The summed E-state index contributed by atoms with van der Waals surface area (Å²) in [6, 6.07) is 1.72. The molecule has 2 N–H and O–H groups in total. The van der Waals surface area contributed by atoms with Crippen LogP contribution in [0, 0.1) is 6.92 Å². The number of hydrogen-bond donors (Lipinski definition) is 1. The summed E-state index contributed by atoms with van der Waals surface area (Å²) in [6.07, 6.45) is 3.56. The first-order chi connectivity index (χ1) is 7.56. The first-order valence-electron chi connectivity index (χ1n) is 5.02. The number of thioether (sulfide) groups is 1. The predicted octanol–water partition coefficient (Wildman–Crippen LogP) is 1.41. The molecule has 4 nitrogen and oxygen atoms in total. The lowest BCUT2D eigenvalue weighted by molar-refractivity contribution is 0.0804. The highest BCUT2D eigenvalue weighted by Crippen LogP contribution is 2.13. The molecule has 0 aliphatic carbocycles. The van der Waals surface area contributed by atoms with Crippen LogP contribution in [-0.4, -0.2) is 41.4 Å². The van der Waals surface area contributed by atoms with Gasteiger partial charge >= 0.3 is 0 Å². The number of carbonyl (C=O) groups is 1. The molecule has 0 aromatic carbocycles. The Morgan fingerprint density at radius 2 is 2.31 bits per heavy atom. The Hall–Kier alpha value is -1.23. The van der Waals surface area contributed by atoms with Crippen molar-refractivity contribution in [1.29, 1.82) is 0 Å². The summed E-state index contributed by atoms with van der Waals surface area (Å²) in [4.78, 5) is 17.7. The molecule has 0 aliphatic heterocycles. The third kappa shape index (κ3) is 3.13. The quantitative estimate of drug-likeness (QED) is 0.863. The van der Waals surface area contributed by atoms with E-state index < -0.39 is 0 Å². The zero-order valence-electron chi connectivity index (χ0n) is 9.86. The number of amides is 1. The Kier molecular flexibility index (Phi) is 4.61. The van der Waals surface area contributed by atoms with E-state index in [-0.39, 0.29) is 5.91 Å². The number of hydrogen-bond acceptors (Lipinski definition) is 4. The van der Waals surface area contributed by atoms with Crippen LogP contribution in [0.1, 0.15) is 16.1 Å². The summed E-state index contributed by atoms with van der Waals surface area (Å²) in [5.74, 6) is 0.848. The van der Waals surface area contributed by atoms with Gasteiger partial charge < -0.3 is 10.6 Å². The number of pyridine rings is 1. The number of anilines is 1. The van der Waals surface area contributed by atoms with Gasteiger partial charge in [0.05, 0.1) is 5.56 Å². The highest BCUT2D eigenvalue weighted by molar-refractivity contribution is 7.98. The van der Waals surface area contributed by atoms with Crippen molar-refractivity contribution in [2.45, 2.75) is 6.92 Å². The van der Waals surface area contributed by atoms with E-state index >= 15 is 0 Å². The minimum atomic E-state index is -0.0703. The fraction of sp³-hybridized carbons (Fsp3) is 0.455. The van der Waals surface area contributed by atoms with Gasteiger partial charge in [-0.05, 0) is 19.2 Å². The van der Waals surface area contributed by atoms with E-state index in [1.807, 2.05) is 13.2 Å². The predicted molar refractivity (Wildman–Crippen MR) is 68.7 cm³/mol. The van der Waals surface area contributed by atoms with E-state index in [1.54, 1.807) is 36.0 Å². The number of rotatable bonds is 4.